The summed E-state index contributed by atoms with van der Waals surface area (Å²) in [5.41, 5.74) is 5.42. The van der Waals surface area contributed by atoms with E-state index in [-0.39, 0.29) is 50.6 Å². The summed E-state index contributed by atoms with van der Waals surface area (Å²) in [6.07, 6.45) is 2.82. The van der Waals surface area contributed by atoms with Crippen LogP contribution in [-0.2, 0) is 37.3 Å². The Kier molecular flexibility index (Phi) is 11.9. The topological polar surface area (TPSA) is 113 Å². The molecule has 0 N–H and O–H groups in total. The van der Waals surface area contributed by atoms with Crippen molar-refractivity contribution in [3.63, 3.8) is 0 Å². The highest BCUT2D eigenvalue weighted by molar-refractivity contribution is 8.45. The SMILES string of the molecule is COC(=O)C1(c2ccc(S(F)(F)(F)(F)F)nc2)Cc2ccccc2C1=O.COC(=O)C1Cc2ccccc2C1=O.Cc1cc(C)c([I+]c2ccc(C)nc2)c(C)c1. The summed E-state index contributed by atoms with van der Waals surface area (Å²) in [7, 11) is -7.63. The van der Waals surface area contributed by atoms with Gasteiger partial charge in [-0.2, -0.15) is 0 Å². The summed E-state index contributed by atoms with van der Waals surface area (Å²) in [6, 6.07) is 23.2. The summed E-state index contributed by atoms with van der Waals surface area (Å²) >= 11 is -0.103. The zero-order chi connectivity index (χ0) is 42.0. The summed E-state index contributed by atoms with van der Waals surface area (Å²) in [5, 5.41) is -2.34. The number of methoxy groups -OCH3 is 2. The van der Waals surface area contributed by atoms with Crippen LogP contribution in [0.2, 0.25) is 0 Å². The molecule has 15 heteroatoms. The van der Waals surface area contributed by atoms with Gasteiger partial charge in [0.25, 0.3) is 0 Å². The van der Waals surface area contributed by atoms with Crippen molar-refractivity contribution < 1.29 is 69.3 Å². The molecule has 300 valence electrons. The molecule has 0 spiro atoms. The summed E-state index contributed by atoms with van der Waals surface area (Å²) < 4.78 is 76.4. The van der Waals surface area contributed by atoms with Crippen LogP contribution < -0.4 is 21.2 Å². The zero-order valence-corrected chi connectivity index (χ0v) is 34.7. The molecule has 2 atom stereocenters. The number of hydrogen-bond donors (Lipinski definition) is 0. The van der Waals surface area contributed by atoms with Crippen molar-refractivity contribution >= 4 is 33.7 Å². The second kappa shape index (κ2) is 15.7. The number of Topliss-reactive ketones (excluding diaryl/α,β-unsaturated/α-hetero) is 2. The smallest absolute Gasteiger partial charge is 0.360 e. The highest BCUT2D eigenvalue weighted by Gasteiger charge is 2.67. The first-order chi connectivity index (χ1) is 26.6. The van der Waals surface area contributed by atoms with Crippen molar-refractivity contribution in [3.8, 4) is 0 Å². The van der Waals surface area contributed by atoms with E-state index in [4.69, 9.17) is 0 Å². The van der Waals surface area contributed by atoms with Gasteiger partial charge >= 0.3 is 43.4 Å². The number of esters is 2. The number of nitrogens with zero attached hydrogens (tertiary/aromatic N) is 2. The maximum Gasteiger partial charge on any atom is 0.360 e. The molecule has 0 bridgehead atoms. The highest BCUT2D eigenvalue weighted by atomic mass is 127. The molecule has 7 rings (SSSR count). The third-order valence-electron chi connectivity index (χ3n) is 9.43. The number of ether oxygens (including phenoxy) is 2. The second-order valence-electron chi connectivity index (χ2n) is 13.6. The van der Waals surface area contributed by atoms with Crippen molar-refractivity contribution in [2.75, 3.05) is 14.2 Å². The molecule has 0 saturated carbocycles. The van der Waals surface area contributed by atoms with Crippen LogP contribution in [-0.4, -0.2) is 47.7 Å². The van der Waals surface area contributed by atoms with Gasteiger partial charge in [0.2, 0.25) is 3.57 Å². The lowest BCUT2D eigenvalue weighted by molar-refractivity contribution is -0.599. The predicted octanol–water partition coefficient (Wildman–Crippen LogP) is 6.25. The number of carbonyl (C=O) groups excluding carboxylic acids is 4. The van der Waals surface area contributed by atoms with Gasteiger partial charge in [0, 0.05) is 40.6 Å². The maximum absolute atomic E-state index is 12.8. The van der Waals surface area contributed by atoms with Gasteiger partial charge in [-0.25, -0.2) is 4.98 Å². The predicted molar refractivity (Wildman–Crippen MR) is 201 cm³/mol. The zero-order valence-electron chi connectivity index (χ0n) is 31.7. The van der Waals surface area contributed by atoms with Gasteiger partial charge in [-0.1, -0.05) is 91.7 Å². The van der Waals surface area contributed by atoms with E-state index in [2.05, 4.69) is 64.5 Å². The molecule has 5 aromatic rings. The Morgan fingerprint density at radius 2 is 1.37 bits per heavy atom. The van der Waals surface area contributed by atoms with Gasteiger partial charge in [0.1, 0.15) is 5.92 Å². The number of ketones is 2. The molecule has 2 unspecified atom stereocenters. The number of benzene rings is 3. The number of aromatic nitrogens is 2. The molecule has 2 aliphatic carbocycles. The van der Waals surface area contributed by atoms with E-state index < -0.39 is 44.3 Å². The monoisotopic (exact) mass is 921 g/mol. The van der Waals surface area contributed by atoms with Crippen molar-refractivity contribution in [1.82, 2.24) is 9.97 Å². The van der Waals surface area contributed by atoms with Gasteiger partial charge in [-0.15, -0.1) is 0 Å². The maximum atomic E-state index is 12.8. The molecule has 8 nitrogen and oxygen atoms in total. The summed E-state index contributed by atoms with van der Waals surface area (Å²) in [4.78, 5) is 55.4. The summed E-state index contributed by atoms with van der Waals surface area (Å²) in [6.45, 7) is 8.63. The van der Waals surface area contributed by atoms with Crippen LogP contribution >= 0.6 is 10.2 Å². The molecular weight excluding hydrogens is 882 g/mol. The van der Waals surface area contributed by atoms with Crippen molar-refractivity contribution in [1.29, 1.82) is 0 Å². The quantitative estimate of drug-likeness (QED) is 0.0852. The molecule has 0 aliphatic heterocycles. The van der Waals surface area contributed by atoms with Crippen LogP contribution in [0.5, 0.6) is 0 Å². The fourth-order valence-corrected chi connectivity index (χ4v) is 9.74. The van der Waals surface area contributed by atoms with Crippen LogP contribution in [0.1, 0.15) is 59.8 Å². The fourth-order valence-electron chi connectivity index (χ4n) is 6.74. The van der Waals surface area contributed by atoms with Crippen molar-refractivity contribution in [3.05, 3.63) is 155 Å². The normalized spacial score (nSPS) is 18.1. The minimum atomic E-state index is -9.96. The van der Waals surface area contributed by atoms with Gasteiger partial charge < -0.3 is 9.47 Å². The molecule has 3 aromatic carbocycles. The first-order valence-electron chi connectivity index (χ1n) is 17.4. The van der Waals surface area contributed by atoms with Crippen LogP contribution in [0.25, 0.3) is 0 Å². The summed E-state index contributed by atoms with van der Waals surface area (Å²) in [5.74, 6) is -2.86. The average molecular weight is 922 g/mol. The lowest BCUT2D eigenvalue weighted by atomic mass is 9.77. The Balaban J connectivity index is 0.000000173. The van der Waals surface area contributed by atoms with E-state index in [0.29, 0.717) is 29.8 Å². The number of halogens is 6. The lowest BCUT2D eigenvalue weighted by Crippen LogP contribution is -3.62. The fraction of sp³-hybridized carbons (Fsp3) is 0.238. The molecule has 0 amide bonds. The van der Waals surface area contributed by atoms with E-state index in [1.165, 1.54) is 33.4 Å². The van der Waals surface area contributed by atoms with Crippen LogP contribution in [0.15, 0.2) is 102 Å². The third-order valence-corrected chi connectivity index (χ3v) is 14.0. The largest absolute Gasteiger partial charge is 0.468 e. The van der Waals surface area contributed by atoms with E-state index in [0.717, 1.165) is 18.4 Å². The van der Waals surface area contributed by atoms with Crippen LogP contribution in [0.4, 0.5) is 19.4 Å². The van der Waals surface area contributed by atoms with E-state index >= 15 is 0 Å². The first kappa shape index (κ1) is 43.1. The number of rotatable bonds is 6. The Bertz CT molecular complexity index is 2350. The van der Waals surface area contributed by atoms with Crippen molar-refractivity contribution in [2.24, 2.45) is 5.92 Å². The van der Waals surface area contributed by atoms with Gasteiger partial charge in [-0.05, 0) is 69.0 Å². The molecule has 2 heterocycles. The molecule has 0 radical (unpaired) electrons. The van der Waals surface area contributed by atoms with E-state index in [9.17, 15) is 38.6 Å². The highest BCUT2D eigenvalue weighted by Crippen LogP contribution is 3.01. The average Bonchev–Trinajstić information content (AvgIpc) is 3.67. The number of fused-ring (bicyclic) bond motifs is 2. The van der Waals surface area contributed by atoms with E-state index in [1.54, 1.807) is 33.9 Å². The second-order valence-corrected chi connectivity index (χ2v) is 18.9. The third kappa shape index (κ3) is 9.41. The van der Waals surface area contributed by atoms with E-state index in [1.807, 2.05) is 25.3 Å². The Morgan fingerprint density at radius 3 is 1.88 bits per heavy atom. The Labute approximate surface area is 337 Å². The standard InChI is InChI=1S/C16H12F5NO3S.C15H17IN.C11H10O3/c1-25-15(24)16(8-10-4-2-3-5-12(10)14(16)23)11-6-7-13(22-9-11)26(17,18,19,20)21;1-10-7-11(2)15(12(3)8-10)16-14-6-5-13(4)17-9-14;1-14-11(13)9-6-7-4-2-3-5-8(7)10(9)12/h2-7,9H,8H2,1H3;5-9H,1-4H3;2-5,9H,6H2,1H3/q;+1;. The van der Waals surface area contributed by atoms with Gasteiger partial charge in [-0.3, -0.25) is 24.2 Å². The molecule has 2 aromatic heterocycles. The first-order valence-corrected chi connectivity index (χ1v) is 21.5. The number of pyridine rings is 2. The molecule has 57 heavy (non-hydrogen) atoms. The van der Waals surface area contributed by atoms with Crippen LogP contribution in [0, 0.1) is 40.8 Å². The lowest BCUT2D eigenvalue weighted by Gasteiger charge is -2.39. The Hall–Kier alpha value is -5.03. The number of carbonyl (C=O) groups is 4. The minimum absolute atomic E-state index is 0.0812. The molecular formula is C42H39F5IN2O6S+. The Morgan fingerprint density at radius 1 is 0.754 bits per heavy atom. The van der Waals surface area contributed by atoms with Crippen molar-refractivity contribution in [2.45, 2.75) is 51.0 Å². The van der Waals surface area contributed by atoms with Gasteiger partial charge in [0.15, 0.2) is 25.6 Å². The molecule has 2 aliphatic rings. The number of aryl methyl sites for hydroxylation is 4. The van der Waals surface area contributed by atoms with Crippen LogP contribution in [0.3, 0.4) is 0 Å². The molecule has 0 fully saturated rings. The molecule has 0 saturated heterocycles. The minimum Gasteiger partial charge on any atom is -0.468 e. The van der Waals surface area contributed by atoms with Gasteiger partial charge in [0.05, 0.1) is 20.4 Å². The number of hydrogen-bond acceptors (Lipinski definition) is 8.